The van der Waals surface area contributed by atoms with Gasteiger partial charge in [-0.1, -0.05) is 36.6 Å². The number of rotatable bonds is 6. The quantitative estimate of drug-likeness (QED) is 0.756. The number of hydrogen-bond acceptors (Lipinski definition) is 3. The molecular weight excluding hydrogens is 340 g/mol. The van der Waals surface area contributed by atoms with E-state index in [4.69, 9.17) is 4.74 Å². The van der Waals surface area contributed by atoms with Crippen molar-refractivity contribution in [3.8, 4) is 5.75 Å². The van der Waals surface area contributed by atoms with E-state index in [1.54, 1.807) is 25.3 Å². The monoisotopic (exact) mass is 368 g/mol. The number of ether oxygens (including phenoxy) is 1. The van der Waals surface area contributed by atoms with E-state index < -0.39 is 0 Å². The van der Waals surface area contributed by atoms with Gasteiger partial charge < -0.3 is 4.74 Å². The molecule has 0 saturated heterocycles. The molecule has 27 heavy (non-hydrogen) atoms. The molecule has 2 rings (SSSR count). The summed E-state index contributed by atoms with van der Waals surface area (Å²) in [7, 11) is 1.61. The maximum Gasteiger partial charge on any atom is 0.270 e. The molecule has 2 aromatic carbocycles. The Kier molecular flexibility index (Phi) is 6.99. The van der Waals surface area contributed by atoms with Crippen molar-refractivity contribution in [1.29, 1.82) is 0 Å². The van der Waals surface area contributed by atoms with Gasteiger partial charge in [-0.25, -0.2) is 0 Å². The number of amides is 2. The molecule has 2 amide bonds. The molecule has 0 bridgehead atoms. The van der Waals surface area contributed by atoms with Gasteiger partial charge in [0.05, 0.1) is 7.11 Å². The summed E-state index contributed by atoms with van der Waals surface area (Å²) < 4.78 is 5.52. The Hall–Kier alpha value is -2.82. The molecule has 0 aliphatic heterocycles. The second-order valence-electron chi connectivity index (χ2n) is 6.82. The van der Waals surface area contributed by atoms with Crippen LogP contribution in [0.25, 0.3) is 0 Å². The fourth-order valence-corrected chi connectivity index (χ4v) is 3.20. The largest absolute Gasteiger partial charge is 0.496 e. The van der Waals surface area contributed by atoms with Crippen molar-refractivity contribution in [2.45, 2.75) is 47.0 Å². The highest BCUT2D eigenvalue weighted by molar-refractivity contribution is 6.00. The number of benzene rings is 2. The van der Waals surface area contributed by atoms with Crippen molar-refractivity contribution < 1.29 is 14.3 Å². The van der Waals surface area contributed by atoms with Gasteiger partial charge in [0.25, 0.3) is 11.8 Å². The van der Waals surface area contributed by atoms with Crippen LogP contribution in [0.4, 0.5) is 0 Å². The summed E-state index contributed by atoms with van der Waals surface area (Å²) in [6.07, 6.45) is 3.06. The van der Waals surface area contributed by atoms with Gasteiger partial charge in [-0.15, -0.1) is 0 Å². The zero-order valence-corrected chi connectivity index (χ0v) is 16.7. The number of nitrogens with one attached hydrogen (secondary N) is 2. The van der Waals surface area contributed by atoms with Gasteiger partial charge >= 0.3 is 0 Å². The maximum absolute atomic E-state index is 12.5. The number of hydrogen-bond donors (Lipinski definition) is 2. The lowest BCUT2D eigenvalue weighted by atomic mass is 9.99. The smallest absolute Gasteiger partial charge is 0.270 e. The van der Waals surface area contributed by atoms with E-state index in [0.717, 1.165) is 47.3 Å². The van der Waals surface area contributed by atoms with Gasteiger partial charge in [-0.2, -0.15) is 0 Å². The Balaban J connectivity index is 2.12. The number of methoxy groups -OCH3 is 1. The van der Waals surface area contributed by atoms with E-state index in [-0.39, 0.29) is 11.8 Å². The standard InChI is InChI=1S/C22H28N2O3/c1-6-7-8-17-9-10-19(16(4)20(17)27-5)22(26)24-23-21(25)18-12-14(2)11-15(3)13-18/h9-13H,6-8H2,1-5H3,(H,23,25)(H,24,26). The molecule has 0 unspecified atom stereocenters. The van der Waals surface area contributed by atoms with Crippen molar-refractivity contribution in [3.05, 3.63) is 63.7 Å². The van der Waals surface area contributed by atoms with E-state index in [9.17, 15) is 9.59 Å². The summed E-state index contributed by atoms with van der Waals surface area (Å²) in [5.74, 6) is 0.0154. The molecule has 0 aromatic heterocycles. The fourth-order valence-electron chi connectivity index (χ4n) is 3.20. The van der Waals surface area contributed by atoms with Crippen molar-refractivity contribution in [2.75, 3.05) is 7.11 Å². The van der Waals surface area contributed by atoms with Crippen LogP contribution in [-0.2, 0) is 6.42 Å². The summed E-state index contributed by atoms with van der Waals surface area (Å²) in [5, 5.41) is 0. The molecule has 0 atom stereocenters. The number of aryl methyl sites for hydroxylation is 3. The normalized spacial score (nSPS) is 10.4. The predicted octanol–water partition coefficient (Wildman–Crippen LogP) is 4.04. The number of carbonyl (C=O) groups excluding carboxylic acids is 2. The van der Waals surface area contributed by atoms with Gasteiger partial charge in [-0.05, 0) is 57.4 Å². The van der Waals surface area contributed by atoms with E-state index >= 15 is 0 Å². The van der Waals surface area contributed by atoms with E-state index in [0.29, 0.717) is 11.1 Å². The minimum absolute atomic E-state index is 0.348. The van der Waals surface area contributed by atoms with Gasteiger partial charge in [0.15, 0.2) is 0 Å². The molecule has 0 heterocycles. The summed E-state index contributed by atoms with van der Waals surface area (Å²) in [6, 6.07) is 9.25. The summed E-state index contributed by atoms with van der Waals surface area (Å²) in [6.45, 7) is 7.85. The highest BCUT2D eigenvalue weighted by Gasteiger charge is 2.16. The topological polar surface area (TPSA) is 67.4 Å². The Morgan fingerprint density at radius 3 is 2.19 bits per heavy atom. The molecule has 0 radical (unpaired) electrons. The molecule has 5 heteroatoms. The fraction of sp³-hybridized carbons (Fsp3) is 0.364. The second-order valence-corrected chi connectivity index (χ2v) is 6.82. The average Bonchev–Trinajstić information content (AvgIpc) is 2.63. The first-order valence-corrected chi connectivity index (χ1v) is 9.22. The van der Waals surface area contributed by atoms with E-state index in [1.165, 1.54) is 0 Å². The van der Waals surface area contributed by atoms with Gasteiger partial charge in [0, 0.05) is 16.7 Å². The zero-order valence-electron chi connectivity index (χ0n) is 16.7. The number of hydrazine groups is 1. The van der Waals surface area contributed by atoms with E-state index in [2.05, 4.69) is 17.8 Å². The van der Waals surface area contributed by atoms with Crippen LogP contribution >= 0.6 is 0 Å². The Morgan fingerprint density at radius 2 is 1.59 bits per heavy atom. The van der Waals surface area contributed by atoms with Crippen LogP contribution in [0.15, 0.2) is 30.3 Å². The minimum Gasteiger partial charge on any atom is -0.496 e. The first-order valence-electron chi connectivity index (χ1n) is 9.22. The maximum atomic E-state index is 12.5. The molecule has 2 N–H and O–H groups in total. The Bertz CT molecular complexity index is 823. The van der Waals surface area contributed by atoms with Crippen molar-refractivity contribution in [3.63, 3.8) is 0 Å². The zero-order chi connectivity index (χ0) is 20.0. The summed E-state index contributed by atoms with van der Waals surface area (Å²) in [4.78, 5) is 24.9. The summed E-state index contributed by atoms with van der Waals surface area (Å²) in [5.41, 5.74) is 9.82. The first kappa shape index (κ1) is 20.5. The molecule has 144 valence electrons. The molecular formula is C22H28N2O3. The number of unbranched alkanes of at least 4 members (excludes halogenated alkanes) is 1. The molecule has 0 saturated carbocycles. The molecule has 5 nitrogen and oxygen atoms in total. The van der Waals surface area contributed by atoms with Crippen molar-refractivity contribution >= 4 is 11.8 Å². The van der Waals surface area contributed by atoms with Crippen molar-refractivity contribution in [1.82, 2.24) is 10.9 Å². The van der Waals surface area contributed by atoms with Crippen LogP contribution in [0.3, 0.4) is 0 Å². The molecule has 0 fully saturated rings. The molecule has 0 aliphatic carbocycles. The minimum atomic E-state index is -0.370. The third kappa shape index (κ3) is 5.09. The van der Waals surface area contributed by atoms with Crippen LogP contribution in [0.5, 0.6) is 5.75 Å². The van der Waals surface area contributed by atoms with Crippen LogP contribution < -0.4 is 15.6 Å². The second kappa shape index (κ2) is 9.21. The van der Waals surface area contributed by atoms with Crippen molar-refractivity contribution in [2.24, 2.45) is 0 Å². The Labute approximate surface area is 161 Å². The van der Waals surface area contributed by atoms with Crippen LogP contribution in [0.1, 0.15) is 62.7 Å². The lowest BCUT2D eigenvalue weighted by molar-refractivity contribution is 0.0846. The highest BCUT2D eigenvalue weighted by atomic mass is 16.5. The SMILES string of the molecule is CCCCc1ccc(C(=O)NNC(=O)c2cc(C)cc(C)c2)c(C)c1OC. The Morgan fingerprint density at radius 1 is 0.963 bits per heavy atom. The number of carbonyl (C=O) groups is 2. The third-order valence-electron chi connectivity index (χ3n) is 4.51. The van der Waals surface area contributed by atoms with Crippen LogP contribution in [0.2, 0.25) is 0 Å². The molecule has 2 aromatic rings. The lowest BCUT2D eigenvalue weighted by Gasteiger charge is -2.15. The van der Waals surface area contributed by atoms with Crippen LogP contribution in [-0.4, -0.2) is 18.9 Å². The van der Waals surface area contributed by atoms with E-state index in [1.807, 2.05) is 32.9 Å². The molecule has 0 spiro atoms. The lowest BCUT2D eigenvalue weighted by Crippen LogP contribution is -2.42. The predicted molar refractivity (Wildman–Crippen MR) is 107 cm³/mol. The summed E-state index contributed by atoms with van der Waals surface area (Å²) >= 11 is 0. The van der Waals surface area contributed by atoms with Gasteiger partial charge in [-0.3, -0.25) is 20.4 Å². The third-order valence-corrected chi connectivity index (χ3v) is 4.51. The van der Waals surface area contributed by atoms with Crippen LogP contribution in [0, 0.1) is 20.8 Å². The molecule has 0 aliphatic rings. The highest BCUT2D eigenvalue weighted by Crippen LogP contribution is 2.28. The average molecular weight is 368 g/mol. The first-order chi connectivity index (χ1) is 12.9. The van der Waals surface area contributed by atoms with Gasteiger partial charge in [0.1, 0.15) is 5.75 Å². The van der Waals surface area contributed by atoms with Gasteiger partial charge in [0.2, 0.25) is 0 Å².